The van der Waals surface area contributed by atoms with Gasteiger partial charge in [0.1, 0.15) is 17.3 Å². The molecule has 1 N–H and O–H groups in total. The normalized spacial score (nSPS) is 16.5. The molecule has 3 aromatic rings. The Kier molecular flexibility index (Phi) is 7.22. The number of anilines is 1. The number of halogens is 1. The summed E-state index contributed by atoms with van der Waals surface area (Å²) in [6.07, 6.45) is 4.89. The highest BCUT2D eigenvalue weighted by Crippen LogP contribution is 2.42. The topological polar surface area (TPSA) is 62.8 Å². The SMILES string of the molecule is COc1cc(OC)c(Cl)c(-c2cc3cnc(N[C@H]4CCN(CCN(C)C)C4)cc3cn2)c1C. The predicted octanol–water partition coefficient (Wildman–Crippen LogP) is 4.32. The molecule has 1 atom stereocenters. The molecule has 0 saturated carbocycles. The number of pyridine rings is 2. The highest BCUT2D eigenvalue weighted by Gasteiger charge is 2.22. The second-order valence-corrected chi connectivity index (χ2v) is 9.19. The molecule has 1 aliphatic heterocycles. The van der Waals surface area contributed by atoms with E-state index in [0.29, 0.717) is 22.6 Å². The van der Waals surface area contributed by atoms with Gasteiger partial charge in [-0.05, 0) is 39.6 Å². The summed E-state index contributed by atoms with van der Waals surface area (Å²) in [5, 5.41) is 6.15. The van der Waals surface area contributed by atoms with E-state index in [1.165, 1.54) is 0 Å². The molecule has 0 bridgehead atoms. The lowest BCUT2D eigenvalue weighted by Gasteiger charge is -2.19. The van der Waals surface area contributed by atoms with Crippen LogP contribution in [-0.2, 0) is 0 Å². The Morgan fingerprint density at radius 3 is 2.55 bits per heavy atom. The van der Waals surface area contributed by atoms with Crippen LogP contribution in [0.25, 0.3) is 22.0 Å². The van der Waals surface area contributed by atoms with Gasteiger partial charge in [0.15, 0.2) is 0 Å². The molecule has 2 aromatic heterocycles. The van der Waals surface area contributed by atoms with Crippen LogP contribution in [0.4, 0.5) is 5.82 Å². The average Bonchev–Trinajstić information content (AvgIpc) is 3.25. The van der Waals surface area contributed by atoms with Crippen LogP contribution in [-0.4, -0.2) is 80.3 Å². The third-order valence-corrected chi connectivity index (χ3v) is 6.60. The van der Waals surface area contributed by atoms with Gasteiger partial charge in [-0.15, -0.1) is 0 Å². The number of likely N-dealkylation sites (N-methyl/N-ethyl adjacent to an activating group) is 1. The van der Waals surface area contributed by atoms with Crippen LogP contribution in [0.1, 0.15) is 12.0 Å². The van der Waals surface area contributed by atoms with E-state index >= 15 is 0 Å². The molecule has 1 fully saturated rings. The highest BCUT2D eigenvalue weighted by atomic mass is 35.5. The van der Waals surface area contributed by atoms with Crippen molar-refractivity contribution in [2.45, 2.75) is 19.4 Å². The number of methoxy groups -OCH3 is 2. The van der Waals surface area contributed by atoms with Gasteiger partial charge in [-0.1, -0.05) is 11.6 Å². The van der Waals surface area contributed by atoms with Crippen molar-refractivity contribution in [1.82, 2.24) is 19.8 Å². The molecular formula is C25H32ClN5O2. The van der Waals surface area contributed by atoms with E-state index in [-0.39, 0.29) is 0 Å². The predicted molar refractivity (Wildman–Crippen MR) is 135 cm³/mol. The monoisotopic (exact) mass is 469 g/mol. The van der Waals surface area contributed by atoms with Gasteiger partial charge < -0.3 is 19.7 Å². The molecule has 3 heterocycles. The summed E-state index contributed by atoms with van der Waals surface area (Å²) in [6, 6.07) is 6.29. The first-order chi connectivity index (χ1) is 15.9. The zero-order valence-electron chi connectivity index (χ0n) is 20.0. The largest absolute Gasteiger partial charge is 0.496 e. The Labute approximate surface area is 200 Å². The van der Waals surface area contributed by atoms with Crippen molar-refractivity contribution >= 4 is 28.2 Å². The maximum Gasteiger partial charge on any atom is 0.141 e. The fraction of sp³-hybridized carbons (Fsp3) is 0.440. The van der Waals surface area contributed by atoms with E-state index in [1.807, 2.05) is 25.4 Å². The quantitative estimate of drug-likeness (QED) is 0.527. The van der Waals surface area contributed by atoms with Crippen molar-refractivity contribution < 1.29 is 9.47 Å². The van der Waals surface area contributed by atoms with Crippen LogP contribution in [0.2, 0.25) is 5.02 Å². The van der Waals surface area contributed by atoms with Gasteiger partial charge in [0, 0.05) is 72.6 Å². The van der Waals surface area contributed by atoms with Gasteiger partial charge in [-0.3, -0.25) is 9.88 Å². The number of hydrogen-bond acceptors (Lipinski definition) is 7. The first kappa shape index (κ1) is 23.5. The Morgan fingerprint density at radius 1 is 1.09 bits per heavy atom. The molecule has 1 aliphatic rings. The van der Waals surface area contributed by atoms with Gasteiger partial charge in [0.05, 0.1) is 24.9 Å². The standard InChI is InChI=1S/C25H32ClN5O2/c1-16-21(32-4)12-22(33-5)25(26)24(16)20-10-17-14-28-23(11-18(17)13-27-20)29-19-6-7-31(15-19)9-8-30(2)3/h10-14,19H,6-9,15H2,1-5H3,(H,28,29)/t19-/m0/s1. The van der Waals surface area contributed by atoms with Crippen LogP contribution in [0.3, 0.4) is 0 Å². The van der Waals surface area contributed by atoms with E-state index < -0.39 is 0 Å². The number of fused-ring (bicyclic) bond motifs is 1. The van der Waals surface area contributed by atoms with E-state index in [0.717, 1.165) is 66.0 Å². The lowest BCUT2D eigenvalue weighted by Crippen LogP contribution is -2.32. The summed E-state index contributed by atoms with van der Waals surface area (Å²) in [7, 11) is 7.46. The number of hydrogen-bond donors (Lipinski definition) is 1. The maximum atomic E-state index is 6.65. The van der Waals surface area contributed by atoms with Gasteiger partial charge in [0.2, 0.25) is 0 Å². The minimum absolute atomic E-state index is 0.412. The molecule has 7 nitrogen and oxygen atoms in total. The number of likely N-dealkylation sites (tertiary alicyclic amines) is 1. The summed E-state index contributed by atoms with van der Waals surface area (Å²) in [4.78, 5) is 14.1. The van der Waals surface area contributed by atoms with Crippen molar-refractivity contribution in [2.24, 2.45) is 0 Å². The van der Waals surface area contributed by atoms with E-state index in [9.17, 15) is 0 Å². The van der Waals surface area contributed by atoms with Crippen LogP contribution < -0.4 is 14.8 Å². The number of ether oxygens (including phenoxy) is 2. The number of aromatic nitrogens is 2. The van der Waals surface area contributed by atoms with Crippen LogP contribution in [0.15, 0.2) is 30.6 Å². The second-order valence-electron chi connectivity index (χ2n) is 8.82. The molecule has 0 aliphatic carbocycles. The fourth-order valence-corrected chi connectivity index (χ4v) is 4.69. The molecule has 8 heteroatoms. The van der Waals surface area contributed by atoms with E-state index in [4.69, 9.17) is 26.1 Å². The van der Waals surface area contributed by atoms with Crippen molar-refractivity contribution in [3.8, 4) is 22.8 Å². The number of nitrogens with zero attached hydrogens (tertiary/aromatic N) is 4. The highest BCUT2D eigenvalue weighted by molar-refractivity contribution is 6.35. The molecule has 1 saturated heterocycles. The minimum Gasteiger partial charge on any atom is -0.496 e. The first-order valence-electron chi connectivity index (χ1n) is 11.2. The molecule has 0 radical (unpaired) electrons. The molecule has 33 heavy (non-hydrogen) atoms. The summed E-state index contributed by atoms with van der Waals surface area (Å²) in [5.41, 5.74) is 2.49. The van der Waals surface area contributed by atoms with Gasteiger partial charge in [-0.25, -0.2) is 4.98 Å². The molecule has 1 aromatic carbocycles. The Morgan fingerprint density at radius 2 is 1.82 bits per heavy atom. The summed E-state index contributed by atoms with van der Waals surface area (Å²) in [5.74, 6) is 2.15. The maximum absolute atomic E-state index is 6.65. The van der Waals surface area contributed by atoms with Gasteiger partial charge in [0.25, 0.3) is 0 Å². The smallest absolute Gasteiger partial charge is 0.141 e. The van der Waals surface area contributed by atoms with Crippen LogP contribution in [0.5, 0.6) is 11.5 Å². The third kappa shape index (κ3) is 5.16. The summed E-state index contributed by atoms with van der Waals surface area (Å²) < 4.78 is 11.0. The fourth-order valence-electron chi connectivity index (χ4n) is 4.32. The summed E-state index contributed by atoms with van der Waals surface area (Å²) >= 11 is 6.65. The van der Waals surface area contributed by atoms with Crippen LogP contribution >= 0.6 is 11.6 Å². The zero-order chi connectivity index (χ0) is 23.5. The Hall–Kier alpha value is -2.61. The van der Waals surface area contributed by atoms with E-state index in [1.54, 1.807) is 20.3 Å². The molecule has 0 amide bonds. The Bertz CT molecular complexity index is 1110. The van der Waals surface area contributed by atoms with Crippen molar-refractivity contribution in [1.29, 1.82) is 0 Å². The lowest BCUT2D eigenvalue weighted by molar-refractivity contribution is 0.282. The molecule has 0 unspecified atom stereocenters. The van der Waals surface area contributed by atoms with Gasteiger partial charge >= 0.3 is 0 Å². The molecule has 4 rings (SSSR count). The van der Waals surface area contributed by atoms with Crippen LogP contribution in [0, 0.1) is 6.92 Å². The Balaban J connectivity index is 1.55. The minimum atomic E-state index is 0.412. The molecule has 176 valence electrons. The lowest BCUT2D eigenvalue weighted by atomic mass is 10.0. The van der Waals surface area contributed by atoms with Crippen molar-refractivity contribution in [3.05, 3.63) is 41.2 Å². The van der Waals surface area contributed by atoms with Crippen molar-refractivity contribution in [3.63, 3.8) is 0 Å². The molecular weight excluding hydrogens is 438 g/mol. The number of nitrogens with one attached hydrogen (secondary N) is 1. The average molecular weight is 470 g/mol. The zero-order valence-corrected chi connectivity index (χ0v) is 20.7. The number of rotatable bonds is 8. The van der Waals surface area contributed by atoms with Crippen molar-refractivity contribution in [2.75, 3.05) is 59.8 Å². The third-order valence-electron chi connectivity index (χ3n) is 6.23. The summed E-state index contributed by atoms with van der Waals surface area (Å²) in [6.45, 7) is 6.31. The van der Waals surface area contributed by atoms with E-state index in [2.05, 4.69) is 40.3 Å². The molecule has 0 spiro atoms. The first-order valence-corrected chi connectivity index (χ1v) is 11.6. The second kappa shape index (κ2) is 10.1. The van der Waals surface area contributed by atoms with Gasteiger partial charge in [-0.2, -0.15) is 0 Å². The number of benzene rings is 1.